The second-order valence-electron chi connectivity index (χ2n) is 4.42. The second-order valence-corrected chi connectivity index (χ2v) is 5.76. The van der Waals surface area contributed by atoms with Crippen LogP contribution in [0.1, 0.15) is 19.0 Å². The van der Waals surface area contributed by atoms with E-state index in [0.717, 1.165) is 12.8 Å². The molecule has 0 radical (unpaired) electrons. The summed E-state index contributed by atoms with van der Waals surface area (Å²) in [6.45, 7) is 1.77. The van der Waals surface area contributed by atoms with Crippen LogP contribution in [0.2, 0.25) is 5.15 Å². The largest absolute Gasteiger partial charge is 0.435 e. The van der Waals surface area contributed by atoms with Crippen molar-refractivity contribution in [3.63, 3.8) is 0 Å². The number of carbonyl (C=O) groups excluding carboxylic acids is 1. The predicted octanol–water partition coefficient (Wildman–Crippen LogP) is 3.36. The van der Waals surface area contributed by atoms with Crippen molar-refractivity contribution in [2.75, 3.05) is 17.3 Å². The van der Waals surface area contributed by atoms with E-state index < -0.39 is 28.7 Å². The first-order chi connectivity index (χ1) is 9.66. The molecule has 1 heterocycles. The highest BCUT2D eigenvalue weighted by molar-refractivity contribution is 7.98. The summed E-state index contributed by atoms with van der Waals surface area (Å²) < 4.78 is 39.3. The molecule has 1 aromatic heterocycles. The number of aryl methyl sites for hydroxylation is 1. The lowest BCUT2D eigenvalue weighted by atomic mass is 10.3. The Morgan fingerprint density at radius 1 is 1.52 bits per heavy atom. The summed E-state index contributed by atoms with van der Waals surface area (Å²) >= 11 is 7.26. The van der Waals surface area contributed by atoms with E-state index in [-0.39, 0.29) is 6.04 Å². The minimum atomic E-state index is -4.66. The van der Waals surface area contributed by atoms with Gasteiger partial charge in [-0.1, -0.05) is 11.6 Å². The van der Waals surface area contributed by atoms with Crippen molar-refractivity contribution >= 4 is 35.1 Å². The van der Waals surface area contributed by atoms with Gasteiger partial charge >= 0.3 is 12.2 Å². The Kier molecular flexibility index (Phi) is 6.21. The van der Waals surface area contributed by atoms with Gasteiger partial charge in [-0.2, -0.15) is 30.0 Å². The third kappa shape index (κ3) is 4.99. The maximum Gasteiger partial charge on any atom is 0.435 e. The Bertz CT molecular complexity index is 506. The number of carbonyl (C=O) groups is 1. The van der Waals surface area contributed by atoms with Crippen LogP contribution in [-0.2, 0) is 13.2 Å². The van der Waals surface area contributed by atoms with Crippen molar-refractivity contribution in [1.29, 1.82) is 0 Å². The topological polar surface area (TPSA) is 59.0 Å². The van der Waals surface area contributed by atoms with Crippen molar-refractivity contribution in [3.05, 3.63) is 10.8 Å². The zero-order valence-corrected chi connectivity index (χ0v) is 13.3. The van der Waals surface area contributed by atoms with E-state index in [1.165, 1.54) is 0 Å². The molecule has 1 atom stereocenters. The first kappa shape index (κ1) is 18.0. The second kappa shape index (κ2) is 7.26. The Labute approximate surface area is 129 Å². The van der Waals surface area contributed by atoms with Crippen molar-refractivity contribution in [2.24, 2.45) is 7.05 Å². The molecule has 0 aliphatic heterocycles. The van der Waals surface area contributed by atoms with Crippen LogP contribution in [0.25, 0.3) is 0 Å². The van der Waals surface area contributed by atoms with E-state index in [2.05, 4.69) is 15.7 Å². The van der Waals surface area contributed by atoms with Crippen molar-refractivity contribution < 1.29 is 18.0 Å². The van der Waals surface area contributed by atoms with Crippen LogP contribution in [0.3, 0.4) is 0 Å². The molecule has 0 aliphatic carbocycles. The molecule has 5 nitrogen and oxygen atoms in total. The van der Waals surface area contributed by atoms with Crippen LogP contribution < -0.4 is 10.6 Å². The minimum Gasteiger partial charge on any atom is -0.335 e. The Hall–Kier alpha value is -1.09. The van der Waals surface area contributed by atoms with E-state index in [1.807, 2.05) is 6.26 Å². The van der Waals surface area contributed by atoms with Gasteiger partial charge < -0.3 is 10.6 Å². The summed E-state index contributed by atoms with van der Waals surface area (Å²) in [6.07, 6.45) is -2.03. The summed E-state index contributed by atoms with van der Waals surface area (Å²) in [5.74, 6) is 0.836. The summed E-state index contributed by atoms with van der Waals surface area (Å²) in [5.41, 5.74) is -1.64. The molecule has 1 unspecified atom stereocenters. The smallest absolute Gasteiger partial charge is 0.335 e. The Morgan fingerprint density at radius 2 is 2.14 bits per heavy atom. The van der Waals surface area contributed by atoms with Gasteiger partial charge in [0.2, 0.25) is 0 Å². The molecule has 0 aliphatic rings. The summed E-state index contributed by atoms with van der Waals surface area (Å²) in [5, 5.41) is 7.74. The van der Waals surface area contributed by atoms with Gasteiger partial charge in [-0.15, -0.1) is 0 Å². The predicted molar refractivity (Wildman–Crippen MR) is 77.8 cm³/mol. The molecule has 0 saturated heterocycles. The number of rotatable bonds is 5. The third-order valence-corrected chi connectivity index (χ3v) is 3.55. The molecule has 1 rings (SSSR count). The standard InChI is InChI=1S/C11H16ClF3N4OS/c1-6(4-5-21-3)16-10(20)17-7-8(11(13,14)15)19(2)18-9(7)12/h6H,4-5H2,1-3H3,(H2,16,17,20). The fraction of sp³-hybridized carbons (Fsp3) is 0.636. The molecule has 21 heavy (non-hydrogen) atoms. The molecule has 2 N–H and O–H groups in total. The van der Waals surface area contributed by atoms with Crippen LogP contribution in [-0.4, -0.2) is 33.9 Å². The third-order valence-electron chi connectivity index (χ3n) is 2.64. The summed E-state index contributed by atoms with van der Waals surface area (Å²) in [6, 6.07) is -0.911. The fourth-order valence-corrected chi connectivity index (χ4v) is 2.51. The number of hydrogen-bond acceptors (Lipinski definition) is 3. The number of aromatic nitrogens is 2. The normalized spacial score (nSPS) is 13.1. The molecule has 1 aromatic rings. The number of urea groups is 1. The van der Waals surface area contributed by atoms with E-state index in [0.29, 0.717) is 11.1 Å². The number of alkyl halides is 3. The highest BCUT2D eigenvalue weighted by atomic mass is 35.5. The molecule has 0 bridgehead atoms. The molecular formula is C11H16ClF3N4OS. The summed E-state index contributed by atoms with van der Waals surface area (Å²) in [4.78, 5) is 11.7. The van der Waals surface area contributed by atoms with Crippen LogP contribution in [0.5, 0.6) is 0 Å². The molecule has 0 fully saturated rings. The van der Waals surface area contributed by atoms with Gasteiger partial charge in [0.25, 0.3) is 0 Å². The molecule has 10 heteroatoms. The zero-order valence-electron chi connectivity index (χ0n) is 11.7. The van der Waals surface area contributed by atoms with Crippen molar-refractivity contribution in [1.82, 2.24) is 15.1 Å². The lowest BCUT2D eigenvalue weighted by Gasteiger charge is -2.15. The number of halogens is 4. The molecule has 120 valence electrons. The van der Waals surface area contributed by atoms with Gasteiger partial charge in [-0.25, -0.2) is 4.79 Å². The van der Waals surface area contributed by atoms with Gasteiger partial charge in [0.15, 0.2) is 10.8 Å². The average molecular weight is 345 g/mol. The number of hydrogen-bond donors (Lipinski definition) is 2. The van der Waals surface area contributed by atoms with E-state index in [9.17, 15) is 18.0 Å². The van der Waals surface area contributed by atoms with Gasteiger partial charge in [-0.05, 0) is 25.4 Å². The maximum absolute atomic E-state index is 12.9. The first-order valence-electron chi connectivity index (χ1n) is 6.03. The van der Waals surface area contributed by atoms with E-state index >= 15 is 0 Å². The van der Waals surface area contributed by atoms with Crippen LogP contribution in [0.15, 0.2) is 0 Å². The highest BCUT2D eigenvalue weighted by Gasteiger charge is 2.39. The first-order valence-corrected chi connectivity index (χ1v) is 7.80. The lowest BCUT2D eigenvalue weighted by molar-refractivity contribution is -0.143. The Morgan fingerprint density at radius 3 is 2.67 bits per heavy atom. The van der Waals surface area contributed by atoms with Crippen LogP contribution in [0, 0.1) is 0 Å². The van der Waals surface area contributed by atoms with Crippen molar-refractivity contribution in [2.45, 2.75) is 25.6 Å². The summed E-state index contributed by atoms with van der Waals surface area (Å²) in [7, 11) is 1.11. The van der Waals surface area contributed by atoms with Crippen molar-refractivity contribution in [3.8, 4) is 0 Å². The minimum absolute atomic E-state index is 0.165. The quantitative estimate of drug-likeness (QED) is 0.861. The monoisotopic (exact) mass is 344 g/mol. The van der Waals surface area contributed by atoms with Crippen LogP contribution in [0.4, 0.5) is 23.7 Å². The lowest BCUT2D eigenvalue weighted by Crippen LogP contribution is -2.36. The number of nitrogens with one attached hydrogen (secondary N) is 2. The maximum atomic E-state index is 12.9. The van der Waals surface area contributed by atoms with Gasteiger partial charge in [0, 0.05) is 13.1 Å². The number of thioether (sulfide) groups is 1. The molecular weight excluding hydrogens is 329 g/mol. The number of nitrogens with zero attached hydrogens (tertiary/aromatic N) is 2. The molecule has 0 saturated carbocycles. The van der Waals surface area contributed by atoms with Gasteiger partial charge in [-0.3, -0.25) is 4.68 Å². The molecule has 0 aromatic carbocycles. The highest BCUT2D eigenvalue weighted by Crippen LogP contribution is 2.38. The zero-order chi connectivity index (χ0) is 16.2. The molecule has 2 amide bonds. The molecule has 0 spiro atoms. The number of amides is 2. The van der Waals surface area contributed by atoms with Crippen LogP contribution >= 0.6 is 23.4 Å². The fourth-order valence-electron chi connectivity index (χ4n) is 1.67. The number of anilines is 1. The van der Waals surface area contributed by atoms with Gasteiger partial charge in [0.05, 0.1) is 0 Å². The SMILES string of the molecule is CSCCC(C)NC(=O)Nc1c(Cl)nn(C)c1C(F)(F)F. The van der Waals surface area contributed by atoms with E-state index in [1.54, 1.807) is 18.7 Å². The average Bonchev–Trinajstić information content (AvgIpc) is 2.60. The van der Waals surface area contributed by atoms with E-state index in [4.69, 9.17) is 11.6 Å². The Balaban J connectivity index is 2.81. The van der Waals surface area contributed by atoms with Gasteiger partial charge in [0.1, 0.15) is 5.69 Å².